The van der Waals surface area contributed by atoms with Crippen LogP contribution in [0.1, 0.15) is 5.69 Å². The Morgan fingerprint density at radius 1 is 1.00 bits per heavy atom. The summed E-state index contributed by atoms with van der Waals surface area (Å²) in [5.41, 5.74) is 5.92. The first-order chi connectivity index (χ1) is 15.2. The number of aromatic nitrogens is 4. The molecule has 0 atom stereocenters. The number of pyridine rings is 1. The number of nitrogens with zero attached hydrogens (tertiary/aromatic N) is 5. The summed E-state index contributed by atoms with van der Waals surface area (Å²) in [4.78, 5) is 7.77. The number of aryl methyl sites for hydroxylation is 1. The predicted molar refractivity (Wildman–Crippen MR) is 123 cm³/mol. The normalized spacial score (nSPS) is 10.8. The molecule has 3 aromatic heterocycles. The quantitative estimate of drug-likeness (QED) is 0.389. The number of hydrogen-bond acceptors (Lipinski definition) is 3. The van der Waals surface area contributed by atoms with Crippen molar-refractivity contribution in [3.05, 3.63) is 102 Å². The van der Waals surface area contributed by atoms with Gasteiger partial charge >= 0.3 is 0 Å². The van der Waals surface area contributed by atoms with Gasteiger partial charge in [-0.1, -0.05) is 29.9 Å². The SMILES string of the molecule is [C-]#[N+]c1cc(-c2cccnc2)nn1-c1ccc(NCc2cc3ccccc3n2C)cc1. The lowest BCUT2D eigenvalue weighted by molar-refractivity contribution is 0.870. The molecule has 0 saturated carbocycles. The van der Waals surface area contributed by atoms with E-state index in [4.69, 9.17) is 6.57 Å². The zero-order chi connectivity index (χ0) is 21.2. The lowest BCUT2D eigenvalue weighted by Gasteiger charge is -2.08. The van der Waals surface area contributed by atoms with Crippen molar-refractivity contribution in [3.8, 4) is 16.9 Å². The molecule has 0 bridgehead atoms. The van der Waals surface area contributed by atoms with Gasteiger partial charge in [-0.2, -0.15) is 4.68 Å². The van der Waals surface area contributed by atoms with E-state index in [-0.39, 0.29) is 0 Å². The summed E-state index contributed by atoms with van der Waals surface area (Å²) in [5.74, 6) is 0.468. The third-order valence-electron chi connectivity index (χ3n) is 5.40. The smallest absolute Gasteiger partial charge is 0.258 e. The van der Waals surface area contributed by atoms with Crippen molar-refractivity contribution >= 4 is 22.4 Å². The van der Waals surface area contributed by atoms with E-state index < -0.39 is 0 Å². The van der Waals surface area contributed by atoms with Crippen molar-refractivity contribution in [2.24, 2.45) is 7.05 Å². The third-order valence-corrected chi connectivity index (χ3v) is 5.40. The highest BCUT2D eigenvalue weighted by Crippen LogP contribution is 2.27. The summed E-state index contributed by atoms with van der Waals surface area (Å²) >= 11 is 0. The standard InChI is InChI=1S/C25H20N6/c1-26-25-15-23(19-7-5-13-27-16-19)29-31(25)21-11-9-20(10-12-21)28-17-22-14-18-6-3-4-8-24(18)30(22)2/h3-16,28H,17H2,2H3. The van der Waals surface area contributed by atoms with Gasteiger partial charge in [0.05, 0.1) is 6.54 Å². The van der Waals surface area contributed by atoms with Crippen LogP contribution in [-0.2, 0) is 13.6 Å². The maximum Gasteiger partial charge on any atom is 0.258 e. The second-order valence-electron chi connectivity index (χ2n) is 7.31. The molecule has 0 spiro atoms. The molecular weight excluding hydrogens is 384 g/mol. The van der Waals surface area contributed by atoms with Crippen LogP contribution in [0.25, 0.3) is 32.7 Å². The number of benzene rings is 2. The van der Waals surface area contributed by atoms with Gasteiger partial charge in [-0.3, -0.25) is 4.98 Å². The Bertz CT molecular complexity index is 1390. The van der Waals surface area contributed by atoms with Crippen LogP contribution in [0, 0.1) is 6.57 Å². The number of hydrogen-bond donors (Lipinski definition) is 1. The Balaban J connectivity index is 1.36. The molecule has 0 radical (unpaired) electrons. The van der Waals surface area contributed by atoms with E-state index in [1.54, 1.807) is 23.1 Å². The molecule has 5 rings (SSSR count). The topological polar surface area (TPSA) is 52.0 Å². The van der Waals surface area contributed by atoms with Crippen molar-refractivity contribution in [3.63, 3.8) is 0 Å². The largest absolute Gasteiger partial charge is 0.379 e. The van der Waals surface area contributed by atoms with Crippen LogP contribution in [0.4, 0.5) is 11.5 Å². The van der Waals surface area contributed by atoms with Crippen molar-refractivity contribution in [1.29, 1.82) is 0 Å². The molecule has 0 saturated heterocycles. The Hall–Kier alpha value is -4.37. The molecule has 1 N–H and O–H groups in total. The van der Waals surface area contributed by atoms with Gasteiger partial charge in [0, 0.05) is 41.9 Å². The summed E-state index contributed by atoms with van der Waals surface area (Å²) in [6.45, 7) is 8.24. The van der Waals surface area contributed by atoms with E-state index in [2.05, 4.69) is 62.2 Å². The summed E-state index contributed by atoms with van der Waals surface area (Å²) < 4.78 is 3.88. The van der Waals surface area contributed by atoms with E-state index in [1.807, 2.05) is 36.4 Å². The van der Waals surface area contributed by atoms with Gasteiger partial charge in [0.25, 0.3) is 5.82 Å². The molecule has 6 heteroatoms. The molecule has 0 aliphatic heterocycles. The van der Waals surface area contributed by atoms with Gasteiger partial charge in [-0.05, 0) is 60.0 Å². The van der Waals surface area contributed by atoms with Crippen LogP contribution in [0.15, 0.2) is 85.2 Å². The molecule has 150 valence electrons. The number of rotatable bonds is 5. The van der Waals surface area contributed by atoms with Gasteiger partial charge in [-0.25, -0.2) is 0 Å². The minimum Gasteiger partial charge on any atom is -0.379 e. The summed E-state index contributed by atoms with van der Waals surface area (Å²) in [6, 6.07) is 24.1. The summed E-state index contributed by atoms with van der Waals surface area (Å²) in [6.07, 6.45) is 3.47. The third kappa shape index (κ3) is 3.53. The van der Waals surface area contributed by atoms with Crippen LogP contribution in [0.5, 0.6) is 0 Å². The van der Waals surface area contributed by atoms with E-state index in [9.17, 15) is 0 Å². The molecule has 2 aromatic carbocycles. The highest BCUT2D eigenvalue weighted by atomic mass is 15.3. The van der Waals surface area contributed by atoms with Crippen LogP contribution in [-0.4, -0.2) is 19.3 Å². The van der Waals surface area contributed by atoms with Gasteiger partial charge in [0.1, 0.15) is 11.4 Å². The van der Waals surface area contributed by atoms with E-state index in [1.165, 1.54) is 16.6 Å². The fourth-order valence-electron chi connectivity index (χ4n) is 3.73. The summed E-state index contributed by atoms with van der Waals surface area (Å²) in [5, 5.41) is 9.34. The van der Waals surface area contributed by atoms with E-state index in [0.717, 1.165) is 29.2 Å². The molecule has 0 fully saturated rings. The molecular formula is C25H20N6. The zero-order valence-electron chi connectivity index (χ0n) is 17.0. The van der Waals surface area contributed by atoms with Crippen molar-refractivity contribution in [1.82, 2.24) is 19.3 Å². The maximum atomic E-state index is 7.51. The minimum atomic E-state index is 0.468. The van der Waals surface area contributed by atoms with Crippen LogP contribution >= 0.6 is 0 Å². The van der Waals surface area contributed by atoms with Crippen LogP contribution in [0.3, 0.4) is 0 Å². The summed E-state index contributed by atoms with van der Waals surface area (Å²) in [7, 11) is 2.09. The zero-order valence-corrected chi connectivity index (χ0v) is 17.0. The molecule has 5 aromatic rings. The molecule has 6 nitrogen and oxygen atoms in total. The van der Waals surface area contributed by atoms with Gasteiger partial charge in [0.15, 0.2) is 0 Å². The van der Waals surface area contributed by atoms with Crippen molar-refractivity contribution in [2.45, 2.75) is 6.54 Å². The Morgan fingerprint density at radius 2 is 1.84 bits per heavy atom. The predicted octanol–water partition coefficient (Wildman–Crippen LogP) is 5.59. The number of nitrogens with one attached hydrogen (secondary N) is 1. The van der Waals surface area contributed by atoms with Gasteiger partial charge in [-0.15, -0.1) is 0 Å². The number of fused-ring (bicyclic) bond motifs is 1. The second-order valence-corrected chi connectivity index (χ2v) is 7.31. The molecule has 31 heavy (non-hydrogen) atoms. The first kappa shape index (κ1) is 18.6. The number of anilines is 1. The fourth-order valence-corrected chi connectivity index (χ4v) is 3.73. The highest BCUT2D eigenvalue weighted by Gasteiger charge is 2.13. The van der Waals surface area contributed by atoms with E-state index in [0.29, 0.717) is 5.82 Å². The molecule has 0 unspecified atom stereocenters. The average Bonchev–Trinajstić information content (AvgIpc) is 3.40. The second kappa shape index (κ2) is 7.81. The molecule has 0 aliphatic rings. The Labute approximate surface area is 180 Å². The van der Waals surface area contributed by atoms with Crippen molar-refractivity contribution in [2.75, 3.05) is 5.32 Å². The molecule has 0 aliphatic carbocycles. The van der Waals surface area contributed by atoms with Gasteiger partial charge in [0.2, 0.25) is 0 Å². The number of para-hydroxylation sites is 1. The maximum absolute atomic E-state index is 7.51. The lowest BCUT2D eigenvalue weighted by Crippen LogP contribution is -2.04. The van der Waals surface area contributed by atoms with Crippen molar-refractivity contribution < 1.29 is 0 Å². The van der Waals surface area contributed by atoms with Crippen LogP contribution in [0.2, 0.25) is 0 Å². The van der Waals surface area contributed by atoms with Gasteiger partial charge < -0.3 is 14.7 Å². The minimum absolute atomic E-state index is 0.468. The lowest BCUT2D eigenvalue weighted by atomic mass is 10.2. The Morgan fingerprint density at radius 3 is 2.58 bits per heavy atom. The average molecular weight is 404 g/mol. The fraction of sp³-hybridized carbons (Fsp3) is 0.0800. The Kier molecular flexibility index (Phi) is 4.70. The van der Waals surface area contributed by atoms with E-state index >= 15 is 0 Å². The molecule has 3 heterocycles. The highest BCUT2D eigenvalue weighted by molar-refractivity contribution is 5.81. The first-order valence-electron chi connectivity index (χ1n) is 9.98. The monoisotopic (exact) mass is 404 g/mol. The molecule has 0 amide bonds. The first-order valence-corrected chi connectivity index (χ1v) is 9.98. The van der Waals surface area contributed by atoms with Crippen LogP contribution < -0.4 is 5.32 Å².